The largest absolute Gasteiger partial charge is 0.303 e. The van der Waals surface area contributed by atoms with E-state index in [1.54, 1.807) is 17.6 Å². The molecule has 1 aromatic carbocycles. The van der Waals surface area contributed by atoms with Gasteiger partial charge in [0.2, 0.25) is 5.91 Å². The van der Waals surface area contributed by atoms with E-state index in [9.17, 15) is 4.79 Å². The number of hydrogen-bond donors (Lipinski definition) is 1. The number of carbonyl (C=O) groups is 1. The molecule has 0 spiro atoms. The van der Waals surface area contributed by atoms with Gasteiger partial charge in [-0.2, -0.15) is 5.10 Å². The molecule has 0 saturated carbocycles. The first-order valence-electron chi connectivity index (χ1n) is 6.47. The van der Waals surface area contributed by atoms with Gasteiger partial charge in [-0.1, -0.05) is 48.2 Å². The minimum atomic E-state index is -0.136. The third kappa shape index (κ3) is 3.80. The Morgan fingerprint density at radius 3 is 2.81 bits per heavy atom. The average Bonchev–Trinajstić information content (AvgIpc) is 3.11. The topological polar surface area (TPSA) is 53.8 Å². The van der Waals surface area contributed by atoms with Crippen molar-refractivity contribution in [2.24, 2.45) is 10.2 Å². The first-order chi connectivity index (χ1) is 10.3. The minimum absolute atomic E-state index is 0.00562. The van der Waals surface area contributed by atoms with Crippen molar-refractivity contribution in [3.05, 3.63) is 58.3 Å². The van der Waals surface area contributed by atoms with Crippen molar-refractivity contribution in [1.82, 2.24) is 5.32 Å². The van der Waals surface area contributed by atoms with Crippen LogP contribution in [-0.2, 0) is 11.2 Å². The molecule has 1 fully saturated rings. The standard InChI is InChI=1S/C15H13N3OS2/c19-14-13(9-11-5-2-1-3-6-11)21-15(17-14)18-16-10-12-7-4-8-20-12/h1-8,10,13H,9H2,(H,17,18,19)/b16-10-/t13-/m0/s1. The summed E-state index contributed by atoms with van der Waals surface area (Å²) in [5.74, 6) is -0.00562. The second-order valence-electron chi connectivity index (χ2n) is 4.45. The van der Waals surface area contributed by atoms with Gasteiger partial charge in [-0.25, -0.2) is 0 Å². The Labute approximate surface area is 131 Å². The zero-order valence-corrected chi connectivity index (χ0v) is 12.7. The van der Waals surface area contributed by atoms with E-state index >= 15 is 0 Å². The maximum absolute atomic E-state index is 11.9. The average molecular weight is 315 g/mol. The molecule has 1 aromatic heterocycles. The second kappa shape index (κ2) is 6.69. The number of carbonyl (C=O) groups excluding carboxylic acids is 1. The highest BCUT2D eigenvalue weighted by Crippen LogP contribution is 2.23. The highest BCUT2D eigenvalue weighted by atomic mass is 32.2. The lowest BCUT2D eigenvalue weighted by molar-refractivity contribution is -0.118. The summed E-state index contributed by atoms with van der Waals surface area (Å²) in [5, 5.41) is 13.3. The fourth-order valence-electron chi connectivity index (χ4n) is 1.92. The normalized spacial score (nSPS) is 20.3. The number of amides is 1. The van der Waals surface area contributed by atoms with Crippen molar-refractivity contribution in [2.75, 3.05) is 0 Å². The van der Waals surface area contributed by atoms with Crippen LogP contribution in [0.25, 0.3) is 0 Å². The number of hydrogen-bond acceptors (Lipinski definition) is 5. The van der Waals surface area contributed by atoms with Crippen LogP contribution in [0.1, 0.15) is 10.4 Å². The SMILES string of the molecule is O=C1N/C(=N\N=C/c2cccs2)S[C@H]1Cc1ccccc1. The van der Waals surface area contributed by atoms with E-state index in [1.807, 2.05) is 47.8 Å². The van der Waals surface area contributed by atoms with E-state index in [2.05, 4.69) is 15.5 Å². The van der Waals surface area contributed by atoms with Crippen molar-refractivity contribution in [3.63, 3.8) is 0 Å². The van der Waals surface area contributed by atoms with Crippen molar-refractivity contribution in [1.29, 1.82) is 0 Å². The molecule has 1 amide bonds. The first kappa shape index (κ1) is 14.0. The van der Waals surface area contributed by atoms with Crippen LogP contribution >= 0.6 is 23.1 Å². The summed E-state index contributed by atoms with van der Waals surface area (Å²) < 4.78 is 0. The summed E-state index contributed by atoms with van der Waals surface area (Å²) in [4.78, 5) is 13.0. The van der Waals surface area contributed by atoms with Crippen molar-refractivity contribution < 1.29 is 4.79 Å². The molecule has 106 valence electrons. The molecule has 0 unspecified atom stereocenters. The summed E-state index contributed by atoms with van der Waals surface area (Å²) in [6.45, 7) is 0. The highest BCUT2D eigenvalue weighted by molar-refractivity contribution is 8.15. The van der Waals surface area contributed by atoms with Crippen LogP contribution in [0.5, 0.6) is 0 Å². The molecule has 1 aliphatic rings. The molecule has 1 saturated heterocycles. The van der Waals surface area contributed by atoms with E-state index in [0.717, 1.165) is 10.4 Å². The third-order valence-corrected chi connectivity index (χ3v) is 4.80. The smallest absolute Gasteiger partial charge is 0.239 e. The number of thiophene rings is 1. The Morgan fingerprint density at radius 1 is 1.19 bits per heavy atom. The summed E-state index contributed by atoms with van der Waals surface area (Å²) in [6.07, 6.45) is 2.39. The molecule has 21 heavy (non-hydrogen) atoms. The fourth-order valence-corrected chi connectivity index (χ4v) is 3.46. The Balaban J connectivity index is 1.62. The van der Waals surface area contributed by atoms with Gasteiger partial charge in [0.25, 0.3) is 0 Å². The van der Waals surface area contributed by atoms with E-state index < -0.39 is 0 Å². The lowest BCUT2D eigenvalue weighted by Gasteiger charge is -2.04. The summed E-state index contributed by atoms with van der Waals surface area (Å²) in [6, 6.07) is 13.9. The van der Waals surface area contributed by atoms with Gasteiger partial charge in [-0.3, -0.25) is 4.79 Å². The molecule has 1 N–H and O–H groups in total. The van der Waals surface area contributed by atoms with Crippen molar-refractivity contribution >= 4 is 40.4 Å². The Kier molecular flexibility index (Phi) is 4.47. The number of nitrogens with one attached hydrogen (secondary N) is 1. The maximum Gasteiger partial charge on any atom is 0.239 e. The highest BCUT2D eigenvalue weighted by Gasteiger charge is 2.30. The predicted molar refractivity (Wildman–Crippen MR) is 89.0 cm³/mol. The van der Waals surface area contributed by atoms with Crippen LogP contribution in [0.4, 0.5) is 0 Å². The van der Waals surface area contributed by atoms with Gasteiger partial charge < -0.3 is 5.32 Å². The Hall–Kier alpha value is -1.92. The van der Waals surface area contributed by atoms with Gasteiger partial charge in [-0.05, 0) is 23.4 Å². The van der Waals surface area contributed by atoms with Gasteiger partial charge in [0.15, 0.2) is 5.17 Å². The predicted octanol–water partition coefficient (Wildman–Crippen LogP) is 2.91. The zero-order chi connectivity index (χ0) is 14.5. The maximum atomic E-state index is 11.9. The lowest BCUT2D eigenvalue weighted by atomic mass is 10.1. The second-order valence-corrected chi connectivity index (χ2v) is 6.62. The molecule has 4 nitrogen and oxygen atoms in total. The number of nitrogens with zero attached hydrogens (tertiary/aromatic N) is 2. The van der Waals surface area contributed by atoms with E-state index in [1.165, 1.54) is 11.8 Å². The van der Waals surface area contributed by atoms with Gasteiger partial charge in [0, 0.05) is 4.88 Å². The first-order valence-corrected chi connectivity index (χ1v) is 8.23. The lowest BCUT2D eigenvalue weighted by Crippen LogP contribution is -2.25. The fraction of sp³-hybridized carbons (Fsp3) is 0.133. The number of thioether (sulfide) groups is 1. The third-order valence-electron chi connectivity index (χ3n) is 2.92. The summed E-state index contributed by atoms with van der Waals surface area (Å²) in [7, 11) is 0. The van der Waals surface area contributed by atoms with Crippen LogP contribution in [0.2, 0.25) is 0 Å². The van der Waals surface area contributed by atoms with Gasteiger partial charge >= 0.3 is 0 Å². The molecular formula is C15H13N3OS2. The van der Waals surface area contributed by atoms with Crippen LogP contribution < -0.4 is 5.32 Å². The van der Waals surface area contributed by atoms with Crippen LogP contribution in [0, 0.1) is 0 Å². The van der Waals surface area contributed by atoms with Crippen molar-refractivity contribution in [3.8, 4) is 0 Å². The van der Waals surface area contributed by atoms with E-state index in [4.69, 9.17) is 0 Å². The van der Waals surface area contributed by atoms with Gasteiger partial charge in [0.1, 0.15) is 0 Å². The molecule has 2 heterocycles. The van der Waals surface area contributed by atoms with Gasteiger partial charge in [0.05, 0.1) is 11.5 Å². The summed E-state index contributed by atoms with van der Waals surface area (Å²) >= 11 is 3.03. The molecule has 6 heteroatoms. The van der Waals surface area contributed by atoms with Gasteiger partial charge in [-0.15, -0.1) is 16.4 Å². The Morgan fingerprint density at radius 2 is 2.05 bits per heavy atom. The number of benzene rings is 1. The van der Waals surface area contributed by atoms with E-state index in [-0.39, 0.29) is 11.2 Å². The molecule has 3 rings (SSSR count). The molecule has 2 aromatic rings. The van der Waals surface area contributed by atoms with Crippen LogP contribution in [0.3, 0.4) is 0 Å². The molecular weight excluding hydrogens is 302 g/mol. The zero-order valence-electron chi connectivity index (χ0n) is 11.1. The number of rotatable bonds is 4. The quantitative estimate of drug-likeness (QED) is 0.697. The minimum Gasteiger partial charge on any atom is -0.303 e. The summed E-state index contributed by atoms with van der Waals surface area (Å²) in [5.41, 5.74) is 1.15. The number of amidine groups is 1. The molecule has 0 radical (unpaired) electrons. The monoisotopic (exact) mass is 315 g/mol. The molecule has 0 aliphatic carbocycles. The molecule has 1 atom stereocenters. The van der Waals surface area contributed by atoms with Crippen LogP contribution in [0.15, 0.2) is 58.0 Å². The van der Waals surface area contributed by atoms with E-state index in [0.29, 0.717) is 11.6 Å². The Bertz CT molecular complexity index is 665. The van der Waals surface area contributed by atoms with Crippen LogP contribution in [-0.4, -0.2) is 22.5 Å². The van der Waals surface area contributed by atoms with Crippen molar-refractivity contribution in [2.45, 2.75) is 11.7 Å². The molecule has 1 aliphatic heterocycles. The molecule has 0 bridgehead atoms.